The predicted octanol–water partition coefficient (Wildman–Crippen LogP) is 2.16. The Kier molecular flexibility index (Phi) is 5.92. The second kappa shape index (κ2) is 7.92. The summed E-state index contributed by atoms with van der Waals surface area (Å²) in [6.45, 7) is 2.13. The van der Waals surface area contributed by atoms with Gasteiger partial charge in [-0.25, -0.2) is 9.59 Å². The lowest BCUT2D eigenvalue weighted by Gasteiger charge is -2.31. The molecule has 2 amide bonds. The molecule has 1 aromatic carbocycles. The average Bonchev–Trinajstić information content (AvgIpc) is 2.55. The number of carbonyl (C=O) groups is 2. The van der Waals surface area contributed by atoms with Crippen molar-refractivity contribution < 1.29 is 19.1 Å². The van der Waals surface area contributed by atoms with Crippen LogP contribution in [0, 0.1) is 5.92 Å². The molecule has 0 aliphatic carbocycles. The van der Waals surface area contributed by atoms with Gasteiger partial charge in [0.25, 0.3) is 0 Å². The van der Waals surface area contributed by atoms with Crippen molar-refractivity contribution in [3.05, 3.63) is 29.8 Å². The number of carbonyl (C=O) groups excluding carboxylic acids is 2. The summed E-state index contributed by atoms with van der Waals surface area (Å²) in [5, 5.41) is 5.15. The summed E-state index contributed by atoms with van der Waals surface area (Å²) in [6, 6.07) is 6.03. The van der Waals surface area contributed by atoms with E-state index in [9.17, 15) is 9.59 Å². The van der Waals surface area contributed by atoms with Crippen LogP contribution in [0.25, 0.3) is 0 Å². The first-order valence-electron chi connectivity index (χ1n) is 7.46. The zero-order chi connectivity index (χ0) is 16.8. The smallest absolute Gasteiger partial charge is 0.329 e. The molecule has 6 nitrogen and oxygen atoms in total. The SMILES string of the molecule is CCC[C@@H]1C(=S)NC(=O)N[C@@H]1C(=O)OCc1ccc(OC)cc1. The van der Waals surface area contributed by atoms with Gasteiger partial charge in [0.05, 0.1) is 12.1 Å². The van der Waals surface area contributed by atoms with Gasteiger partial charge < -0.3 is 20.1 Å². The van der Waals surface area contributed by atoms with Crippen molar-refractivity contribution in [2.75, 3.05) is 7.11 Å². The van der Waals surface area contributed by atoms with Gasteiger partial charge in [0.2, 0.25) is 0 Å². The van der Waals surface area contributed by atoms with Gasteiger partial charge in [0.1, 0.15) is 18.4 Å². The highest BCUT2D eigenvalue weighted by Crippen LogP contribution is 2.19. The largest absolute Gasteiger partial charge is 0.497 e. The third-order valence-electron chi connectivity index (χ3n) is 3.66. The maximum atomic E-state index is 12.3. The lowest BCUT2D eigenvalue weighted by molar-refractivity contribution is -0.148. The summed E-state index contributed by atoms with van der Waals surface area (Å²) < 4.78 is 10.4. The second-order valence-electron chi connectivity index (χ2n) is 5.29. The molecular formula is C16H20N2O4S. The Labute approximate surface area is 140 Å². The molecule has 2 atom stereocenters. The third kappa shape index (κ3) is 4.41. The second-order valence-corrected chi connectivity index (χ2v) is 5.73. The zero-order valence-electron chi connectivity index (χ0n) is 13.1. The highest BCUT2D eigenvalue weighted by molar-refractivity contribution is 7.80. The van der Waals surface area contributed by atoms with Gasteiger partial charge in [0.15, 0.2) is 0 Å². The number of nitrogens with one attached hydrogen (secondary N) is 2. The van der Waals surface area contributed by atoms with Crippen LogP contribution in [0.3, 0.4) is 0 Å². The Morgan fingerprint density at radius 2 is 2.00 bits per heavy atom. The Morgan fingerprint density at radius 3 is 2.61 bits per heavy atom. The van der Waals surface area contributed by atoms with Gasteiger partial charge in [-0.05, 0) is 24.1 Å². The Hall–Kier alpha value is -2.15. The van der Waals surface area contributed by atoms with Crippen LogP contribution in [0.15, 0.2) is 24.3 Å². The molecule has 2 rings (SSSR count). The van der Waals surface area contributed by atoms with Crippen LogP contribution < -0.4 is 15.4 Å². The van der Waals surface area contributed by atoms with E-state index in [0.29, 0.717) is 11.4 Å². The molecule has 1 aromatic rings. The lowest BCUT2D eigenvalue weighted by Crippen LogP contribution is -2.60. The molecule has 0 bridgehead atoms. The van der Waals surface area contributed by atoms with Crippen LogP contribution in [-0.2, 0) is 16.1 Å². The molecule has 1 aliphatic rings. The van der Waals surface area contributed by atoms with Crippen LogP contribution in [0.2, 0.25) is 0 Å². The van der Waals surface area contributed by atoms with E-state index in [1.165, 1.54) is 0 Å². The summed E-state index contributed by atoms with van der Waals surface area (Å²) in [4.78, 5) is 24.3. The first-order chi connectivity index (χ1) is 11.0. The first kappa shape index (κ1) is 17.2. The standard InChI is InChI=1S/C16H20N2O4S/c1-3-4-12-13(17-16(20)18-14(12)23)15(19)22-9-10-5-7-11(21-2)8-6-10/h5-8,12-13H,3-4,9H2,1-2H3,(H2,17,18,20,23)/t12-,13-/m0/s1. The molecule has 2 N–H and O–H groups in total. The molecule has 7 heteroatoms. The van der Waals surface area contributed by atoms with Crippen molar-refractivity contribution in [3.8, 4) is 5.75 Å². The Bertz CT molecular complexity index is 588. The molecule has 0 radical (unpaired) electrons. The molecule has 1 aliphatic heterocycles. The van der Waals surface area contributed by atoms with E-state index < -0.39 is 18.0 Å². The van der Waals surface area contributed by atoms with E-state index in [-0.39, 0.29) is 12.5 Å². The summed E-state index contributed by atoms with van der Waals surface area (Å²) in [6.07, 6.45) is 1.55. The highest BCUT2D eigenvalue weighted by atomic mass is 32.1. The normalized spacial score (nSPS) is 20.4. The van der Waals surface area contributed by atoms with Crippen LogP contribution in [0.5, 0.6) is 5.75 Å². The van der Waals surface area contributed by atoms with Crippen molar-refractivity contribution in [2.24, 2.45) is 5.92 Å². The van der Waals surface area contributed by atoms with Crippen molar-refractivity contribution >= 4 is 29.2 Å². The number of benzene rings is 1. The van der Waals surface area contributed by atoms with E-state index in [1.54, 1.807) is 19.2 Å². The number of urea groups is 1. The molecule has 124 valence electrons. The van der Waals surface area contributed by atoms with Gasteiger partial charge >= 0.3 is 12.0 Å². The van der Waals surface area contributed by atoms with E-state index in [2.05, 4.69) is 10.6 Å². The number of methoxy groups -OCH3 is 1. The first-order valence-corrected chi connectivity index (χ1v) is 7.87. The highest BCUT2D eigenvalue weighted by Gasteiger charge is 2.37. The van der Waals surface area contributed by atoms with Crippen LogP contribution >= 0.6 is 12.2 Å². The molecular weight excluding hydrogens is 316 g/mol. The fourth-order valence-electron chi connectivity index (χ4n) is 2.43. The predicted molar refractivity (Wildman–Crippen MR) is 89.2 cm³/mol. The van der Waals surface area contributed by atoms with Gasteiger partial charge in [-0.3, -0.25) is 0 Å². The topological polar surface area (TPSA) is 76.7 Å². The summed E-state index contributed by atoms with van der Waals surface area (Å²) >= 11 is 5.18. The summed E-state index contributed by atoms with van der Waals surface area (Å²) in [5.74, 6) is 0.0200. The third-order valence-corrected chi connectivity index (χ3v) is 4.06. The van der Waals surface area contributed by atoms with Crippen LogP contribution in [0.4, 0.5) is 4.79 Å². The number of amides is 2. The van der Waals surface area contributed by atoms with Gasteiger partial charge in [-0.1, -0.05) is 37.7 Å². The molecule has 0 unspecified atom stereocenters. The van der Waals surface area contributed by atoms with E-state index in [1.807, 2.05) is 19.1 Å². The monoisotopic (exact) mass is 336 g/mol. The number of thiocarbonyl (C=S) groups is 1. The Balaban J connectivity index is 1.99. The van der Waals surface area contributed by atoms with E-state index >= 15 is 0 Å². The van der Waals surface area contributed by atoms with Crippen molar-refractivity contribution in [1.82, 2.24) is 10.6 Å². The minimum Gasteiger partial charge on any atom is -0.497 e. The quantitative estimate of drug-likeness (QED) is 0.615. The molecule has 0 aromatic heterocycles. The number of hydrogen-bond acceptors (Lipinski definition) is 5. The average molecular weight is 336 g/mol. The maximum Gasteiger partial charge on any atom is 0.329 e. The molecule has 0 spiro atoms. The van der Waals surface area contributed by atoms with E-state index in [0.717, 1.165) is 17.7 Å². The molecule has 1 fully saturated rings. The number of ether oxygens (including phenoxy) is 2. The summed E-state index contributed by atoms with van der Waals surface area (Å²) in [7, 11) is 1.59. The molecule has 0 saturated carbocycles. The van der Waals surface area contributed by atoms with Crippen LogP contribution in [-0.4, -0.2) is 30.1 Å². The van der Waals surface area contributed by atoms with Gasteiger partial charge in [-0.2, -0.15) is 0 Å². The lowest BCUT2D eigenvalue weighted by atomic mass is 9.93. The number of rotatable bonds is 6. The minimum absolute atomic E-state index is 0.133. The fourth-order valence-corrected chi connectivity index (χ4v) is 2.78. The fraction of sp³-hybridized carbons (Fsp3) is 0.438. The Morgan fingerprint density at radius 1 is 1.30 bits per heavy atom. The maximum absolute atomic E-state index is 12.3. The van der Waals surface area contributed by atoms with Gasteiger partial charge in [-0.15, -0.1) is 0 Å². The number of esters is 1. The zero-order valence-corrected chi connectivity index (χ0v) is 13.9. The van der Waals surface area contributed by atoms with Crippen molar-refractivity contribution in [3.63, 3.8) is 0 Å². The van der Waals surface area contributed by atoms with Gasteiger partial charge in [0, 0.05) is 5.92 Å². The minimum atomic E-state index is -0.741. The van der Waals surface area contributed by atoms with Crippen molar-refractivity contribution in [2.45, 2.75) is 32.4 Å². The molecule has 1 saturated heterocycles. The number of hydrogen-bond donors (Lipinski definition) is 2. The summed E-state index contributed by atoms with van der Waals surface area (Å²) in [5.41, 5.74) is 0.842. The molecule has 1 heterocycles. The van der Waals surface area contributed by atoms with Crippen molar-refractivity contribution in [1.29, 1.82) is 0 Å². The molecule has 23 heavy (non-hydrogen) atoms. The van der Waals surface area contributed by atoms with Crippen LogP contribution in [0.1, 0.15) is 25.3 Å². The van der Waals surface area contributed by atoms with E-state index in [4.69, 9.17) is 21.7 Å².